The van der Waals surface area contributed by atoms with E-state index in [0.29, 0.717) is 11.6 Å². The molecule has 6 heteroatoms. The van der Waals surface area contributed by atoms with E-state index < -0.39 is 0 Å². The van der Waals surface area contributed by atoms with Crippen LogP contribution >= 0.6 is 0 Å². The zero-order valence-electron chi connectivity index (χ0n) is 15.1. The van der Waals surface area contributed by atoms with Crippen molar-refractivity contribution in [3.63, 3.8) is 0 Å². The molecule has 1 amide bonds. The van der Waals surface area contributed by atoms with Gasteiger partial charge in [-0.05, 0) is 57.2 Å². The second-order valence-electron chi connectivity index (χ2n) is 7.95. The molecular weight excluding hydrogens is 328 g/mol. The minimum Gasteiger partial charge on any atom is -0.460 e. The Balaban J connectivity index is 1.37. The number of rotatable bonds is 3. The number of fused-ring (bicyclic) bond motifs is 4. The van der Waals surface area contributed by atoms with Gasteiger partial charge in [0.1, 0.15) is 12.0 Å². The Morgan fingerprint density at radius 3 is 2.69 bits per heavy atom. The van der Waals surface area contributed by atoms with E-state index in [1.165, 1.54) is 45.2 Å². The Morgan fingerprint density at radius 1 is 1.15 bits per heavy atom. The van der Waals surface area contributed by atoms with E-state index in [1.807, 2.05) is 12.3 Å². The molecule has 138 valence electrons. The predicted molar refractivity (Wildman–Crippen MR) is 100 cm³/mol. The number of hydrogen-bond donors (Lipinski definition) is 1. The van der Waals surface area contributed by atoms with Crippen LogP contribution in [0.25, 0.3) is 11.0 Å². The lowest BCUT2D eigenvalue weighted by molar-refractivity contribution is 0.0618. The molecule has 4 fully saturated rings. The molecule has 6 heterocycles. The van der Waals surface area contributed by atoms with Crippen molar-refractivity contribution in [3.05, 3.63) is 24.2 Å². The number of anilines is 1. The minimum absolute atomic E-state index is 0.0588. The Labute approximate surface area is 153 Å². The van der Waals surface area contributed by atoms with Crippen LogP contribution in [-0.4, -0.2) is 54.6 Å². The standard InChI is InChI=1S/C20H26N4O2/c25-20(22-17-12-23-8-4-14(17)5-9-23)16-10-15-18(13-26-19(15)11-21-16)24-6-2-1-3-7-24/h10-11,13-14,17H,1-9,12H2,(H,22,25). The molecule has 6 nitrogen and oxygen atoms in total. The molecule has 26 heavy (non-hydrogen) atoms. The van der Waals surface area contributed by atoms with Crippen LogP contribution in [-0.2, 0) is 0 Å². The number of carbonyl (C=O) groups excluding carboxylic acids is 1. The van der Waals surface area contributed by atoms with Crippen molar-refractivity contribution in [2.24, 2.45) is 5.92 Å². The SMILES string of the molecule is O=C(NC1CN2CCC1CC2)c1cc2c(N3CCCCC3)coc2cn1. The van der Waals surface area contributed by atoms with E-state index in [9.17, 15) is 4.79 Å². The zero-order chi connectivity index (χ0) is 17.5. The number of carbonyl (C=O) groups is 1. The van der Waals surface area contributed by atoms with Crippen molar-refractivity contribution >= 4 is 22.6 Å². The molecule has 0 aliphatic carbocycles. The molecule has 0 radical (unpaired) electrons. The van der Waals surface area contributed by atoms with Gasteiger partial charge in [0.15, 0.2) is 5.58 Å². The number of nitrogens with zero attached hydrogens (tertiary/aromatic N) is 3. The van der Waals surface area contributed by atoms with E-state index in [2.05, 4.69) is 20.1 Å². The molecule has 1 N–H and O–H groups in total. The van der Waals surface area contributed by atoms with Crippen molar-refractivity contribution in [3.8, 4) is 0 Å². The quantitative estimate of drug-likeness (QED) is 0.918. The average Bonchev–Trinajstić information content (AvgIpc) is 3.13. The van der Waals surface area contributed by atoms with Crippen LogP contribution < -0.4 is 10.2 Å². The molecule has 4 aliphatic rings. The van der Waals surface area contributed by atoms with Crippen LogP contribution in [0.2, 0.25) is 0 Å². The smallest absolute Gasteiger partial charge is 0.270 e. The van der Waals surface area contributed by atoms with Crippen molar-refractivity contribution in [1.29, 1.82) is 0 Å². The Bertz CT molecular complexity index is 803. The monoisotopic (exact) mass is 354 g/mol. The molecule has 2 aromatic rings. The molecule has 0 aromatic carbocycles. The van der Waals surface area contributed by atoms with Gasteiger partial charge in [0.05, 0.1) is 11.9 Å². The third kappa shape index (κ3) is 2.86. The van der Waals surface area contributed by atoms with Gasteiger partial charge >= 0.3 is 0 Å². The Hall–Kier alpha value is -2.08. The van der Waals surface area contributed by atoms with Crippen LogP contribution in [0.1, 0.15) is 42.6 Å². The summed E-state index contributed by atoms with van der Waals surface area (Å²) >= 11 is 0. The van der Waals surface area contributed by atoms with E-state index >= 15 is 0 Å². The average molecular weight is 354 g/mol. The van der Waals surface area contributed by atoms with Crippen LogP contribution in [0.4, 0.5) is 5.69 Å². The lowest BCUT2D eigenvalue weighted by atomic mass is 9.84. The highest BCUT2D eigenvalue weighted by Crippen LogP contribution is 2.31. The first kappa shape index (κ1) is 16.1. The van der Waals surface area contributed by atoms with Crippen molar-refractivity contribution in [2.75, 3.05) is 37.6 Å². The zero-order valence-corrected chi connectivity index (χ0v) is 15.1. The van der Waals surface area contributed by atoms with Gasteiger partial charge in [-0.2, -0.15) is 0 Å². The van der Waals surface area contributed by atoms with Gasteiger partial charge in [-0.3, -0.25) is 4.79 Å². The second-order valence-corrected chi connectivity index (χ2v) is 7.95. The highest BCUT2D eigenvalue weighted by Gasteiger charge is 2.35. The predicted octanol–water partition coefficient (Wildman–Crippen LogP) is 2.64. The summed E-state index contributed by atoms with van der Waals surface area (Å²) < 4.78 is 5.68. The molecular formula is C20H26N4O2. The molecule has 4 aliphatic heterocycles. The molecule has 2 bridgehead atoms. The number of furan rings is 1. The largest absolute Gasteiger partial charge is 0.460 e. The summed E-state index contributed by atoms with van der Waals surface area (Å²) in [5, 5.41) is 4.24. The van der Waals surface area contributed by atoms with Crippen molar-refractivity contribution in [1.82, 2.24) is 15.2 Å². The van der Waals surface area contributed by atoms with Gasteiger partial charge in [0, 0.05) is 31.1 Å². The van der Waals surface area contributed by atoms with Crippen molar-refractivity contribution in [2.45, 2.75) is 38.1 Å². The van der Waals surface area contributed by atoms with Gasteiger partial charge in [-0.1, -0.05) is 0 Å². The molecule has 1 atom stereocenters. The molecule has 4 saturated heterocycles. The van der Waals surface area contributed by atoms with Gasteiger partial charge in [-0.15, -0.1) is 0 Å². The van der Waals surface area contributed by atoms with Crippen LogP contribution in [0.3, 0.4) is 0 Å². The molecule has 0 spiro atoms. The maximum Gasteiger partial charge on any atom is 0.270 e. The van der Waals surface area contributed by atoms with Gasteiger partial charge < -0.3 is 19.5 Å². The topological polar surface area (TPSA) is 61.6 Å². The van der Waals surface area contributed by atoms with E-state index in [4.69, 9.17) is 4.42 Å². The highest BCUT2D eigenvalue weighted by molar-refractivity contribution is 5.99. The lowest BCUT2D eigenvalue weighted by Gasteiger charge is -2.44. The normalized spacial score (nSPS) is 28.5. The minimum atomic E-state index is -0.0588. The number of aromatic nitrogens is 1. The summed E-state index contributed by atoms with van der Waals surface area (Å²) in [6, 6.07) is 2.16. The van der Waals surface area contributed by atoms with Gasteiger partial charge in [0.2, 0.25) is 0 Å². The fourth-order valence-electron chi connectivity index (χ4n) is 4.79. The third-order valence-corrected chi connectivity index (χ3v) is 6.34. The fourth-order valence-corrected chi connectivity index (χ4v) is 4.79. The second kappa shape index (κ2) is 6.58. The number of pyridine rings is 1. The van der Waals surface area contributed by atoms with E-state index in [-0.39, 0.29) is 11.9 Å². The number of hydrogen-bond acceptors (Lipinski definition) is 5. The maximum absolute atomic E-state index is 12.8. The first-order valence-electron chi connectivity index (χ1n) is 9.93. The lowest BCUT2D eigenvalue weighted by Crippen LogP contribution is -2.57. The highest BCUT2D eigenvalue weighted by atomic mass is 16.3. The number of amides is 1. The number of nitrogens with one attached hydrogen (secondary N) is 1. The van der Waals surface area contributed by atoms with E-state index in [0.717, 1.165) is 36.3 Å². The third-order valence-electron chi connectivity index (χ3n) is 6.34. The Kier molecular flexibility index (Phi) is 4.08. The maximum atomic E-state index is 12.8. The first-order valence-corrected chi connectivity index (χ1v) is 9.93. The first-order chi connectivity index (χ1) is 12.8. The summed E-state index contributed by atoms with van der Waals surface area (Å²) in [6.07, 6.45) is 9.61. The molecule has 0 saturated carbocycles. The summed E-state index contributed by atoms with van der Waals surface area (Å²) in [7, 11) is 0. The van der Waals surface area contributed by atoms with Crippen molar-refractivity contribution < 1.29 is 9.21 Å². The molecule has 6 rings (SSSR count). The summed E-state index contributed by atoms with van der Waals surface area (Å²) in [4.78, 5) is 22.0. The van der Waals surface area contributed by atoms with E-state index in [1.54, 1.807) is 6.20 Å². The van der Waals surface area contributed by atoms with Crippen LogP contribution in [0.15, 0.2) is 22.9 Å². The summed E-state index contributed by atoms with van der Waals surface area (Å²) in [5.74, 6) is 0.557. The molecule has 2 aromatic heterocycles. The number of piperidine rings is 4. The van der Waals surface area contributed by atoms with Gasteiger partial charge in [0.25, 0.3) is 5.91 Å². The summed E-state index contributed by atoms with van der Waals surface area (Å²) in [5.41, 5.74) is 2.34. The molecule has 1 unspecified atom stereocenters. The Morgan fingerprint density at radius 2 is 1.96 bits per heavy atom. The van der Waals surface area contributed by atoms with Crippen LogP contribution in [0, 0.1) is 5.92 Å². The fraction of sp³-hybridized carbons (Fsp3) is 0.600. The summed E-state index contributed by atoms with van der Waals surface area (Å²) in [6.45, 7) is 5.43. The van der Waals surface area contributed by atoms with Crippen LogP contribution in [0.5, 0.6) is 0 Å². The van der Waals surface area contributed by atoms with Gasteiger partial charge in [-0.25, -0.2) is 4.98 Å².